The average Bonchev–Trinajstić information content (AvgIpc) is 2.47. The summed E-state index contributed by atoms with van der Waals surface area (Å²) in [5.41, 5.74) is 0.628. The zero-order chi connectivity index (χ0) is 15.4. The molecule has 0 saturated carbocycles. The lowest BCUT2D eigenvalue weighted by molar-refractivity contribution is -0.141. The second-order valence-corrected chi connectivity index (χ2v) is 5.19. The van der Waals surface area contributed by atoms with E-state index in [4.69, 9.17) is 4.74 Å². The maximum atomic E-state index is 14.0. The first-order valence-corrected chi connectivity index (χ1v) is 6.85. The first-order chi connectivity index (χ1) is 10.0. The Bertz CT molecular complexity index is 647. The Morgan fingerprint density at radius 1 is 1.19 bits per heavy atom. The van der Waals surface area contributed by atoms with Crippen molar-refractivity contribution in [3.8, 4) is 0 Å². The van der Waals surface area contributed by atoms with Crippen molar-refractivity contribution in [2.75, 3.05) is 12.4 Å². The van der Waals surface area contributed by atoms with Crippen LogP contribution >= 0.6 is 15.9 Å². The number of esters is 1. The van der Waals surface area contributed by atoms with Crippen LogP contribution in [0.3, 0.4) is 0 Å². The monoisotopic (exact) mass is 355 g/mol. The molecule has 21 heavy (non-hydrogen) atoms. The van der Waals surface area contributed by atoms with Crippen LogP contribution in [0.4, 0.5) is 14.5 Å². The molecule has 6 heteroatoms. The van der Waals surface area contributed by atoms with Gasteiger partial charge in [-0.3, -0.25) is 0 Å². The van der Waals surface area contributed by atoms with Crippen LogP contribution in [-0.4, -0.2) is 13.1 Å². The predicted octanol–water partition coefficient (Wildman–Crippen LogP) is 4.05. The second-order valence-electron chi connectivity index (χ2n) is 4.27. The van der Waals surface area contributed by atoms with E-state index in [1.807, 2.05) is 0 Å². The van der Waals surface area contributed by atoms with Crippen molar-refractivity contribution in [3.05, 3.63) is 64.1 Å². The molecular weight excluding hydrogens is 344 g/mol. The van der Waals surface area contributed by atoms with Gasteiger partial charge in [0.2, 0.25) is 0 Å². The molecule has 0 aliphatic heterocycles. The minimum Gasteiger partial charge on any atom is -0.467 e. The van der Waals surface area contributed by atoms with E-state index in [0.29, 0.717) is 10.2 Å². The van der Waals surface area contributed by atoms with Crippen molar-refractivity contribution in [1.82, 2.24) is 0 Å². The van der Waals surface area contributed by atoms with Gasteiger partial charge in [0, 0.05) is 15.7 Å². The van der Waals surface area contributed by atoms with Gasteiger partial charge in [-0.15, -0.1) is 0 Å². The van der Waals surface area contributed by atoms with Crippen LogP contribution in [0, 0.1) is 11.6 Å². The summed E-state index contributed by atoms with van der Waals surface area (Å²) in [6.07, 6.45) is 0. The highest BCUT2D eigenvalue weighted by Gasteiger charge is 2.24. The van der Waals surface area contributed by atoms with E-state index in [1.165, 1.54) is 43.5 Å². The third-order valence-electron chi connectivity index (χ3n) is 2.87. The molecule has 3 nitrogen and oxygen atoms in total. The number of benzene rings is 2. The first-order valence-electron chi connectivity index (χ1n) is 6.06. The zero-order valence-corrected chi connectivity index (χ0v) is 12.7. The molecule has 0 aromatic heterocycles. The Labute approximate surface area is 129 Å². The molecule has 2 aromatic rings. The second kappa shape index (κ2) is 6.67. The Morgan fingerprint density at radius 3 is 2.43 bits per heavy atom. The summed E-state index contributed by atoms with van der Waals surface area (Å²) in [5.74, 6) is -1.58. The van der Waals surface area contributed by atoms with Gasteiger partial charge >= 0.3 is 5.97 Å². The summed E-state index contributed by atoms with van der Waals surface area (Å²) >= 11 is 3.16. The van der Waals surface area contributed by atoms with Crippen LogP contribution in [0.5, 0.6) is 0 Å². The number of halogens is 3. The van der Waals surface area contributed by atoms with Crippen LogP contribution in [0.15, 0.2) is 46.9 Å². The molecule has 2 aromatic carbocycles. The Morgan fingerprint density at radius 2 is 1.86 bits per heavy atom. The van der Waals surface area contributed by atoms with Crippen molar-refractivity contribution in [2.24, 2.45) is 0 Å². The lowest BCUT2D eigenvalue weighted by Gasteiger charge is -2.18. The highest BCUT2D eigenvalue weighted by atomic mass is 79.9. The van der Waals surface area contributed by atoms with E-state index in [2.05, 4.69) is 21.2 Å². The number of anilines is 1. The van der Waals surface area contributed by atoms with Gasteiger partial charge in [-0.25, -0.2) is 13.6 Å². The number of carbonyl (C=O) groups is 1. The van der Waals surface area contributed by atoms with Crippen LogP contribution in [0.1, 0.15) is 11.6 Å². The normalized spacial score (nSPS) is 11.8. The fraction of sp³-hybridized carbons (Fsp3) is 0.133. The summed E-state index contributed by atoms with van der Waals surface area (Å²) in [5, 5.41) is 2.84. The lowest BCUT2D eigenvalue weighted by Crippen LogP contribution is -2.23. The van der Waals surface area contributed by atoms with Crippen LogP contribution in [0.2, 0.25) is 0 Å². The molecule has 1 N–H and O–H groups in total. The third kappa shape index (κ3) is 3.78. The van der Waals surface area contributed by atoms with E-state index in [-0.39, 0.29) is 5.56 Å². The predicted molar refractivity (Wildman–Crippen MR) is 78.9 cm³/mol. The minimum absolute atomic E-state index is 0.148. The van der Waals surface area contributed by atoms with Gasteiger partial charge in [0.1, 0.15) is 11.6 Å². The van der Waals surface area contributed by atoms with Crippen molar-refractivity contribution in [3.63, 3.8) is 0 Å². The molecule has 0 radical (unpaired) electrons. The molecule has 0 fully saturated rings. The molecule has 0 aliphatic carbocycles. The van der Waals surface area contributed by atoms with Gasteiger partial charge in [0.15, 0.2) is 6.04 Å². The molecular formula is C15H12BrF2NO2. The standard InChI is InChI=1S/C15H12BrF2NO2/c1-21-15(20)14(12-7-2-9(16)8-13(12)18)19-11-5-3-10(17)4-6-11/h2-8,14,19H,1H3. The molecule has 110 valence electrons. The fourth-order valence-corrected chi connectivity index (χ4v) is 2.16. The number of rotatable bonds is 4. The molecule has 0 amide bonds. The number of carbonyl (C=O) groups excluding carboxylic acids is 1. The molecule has 2 rings (SSSR count). The molecule has 0 aliphatic rings. The fourth-order valence-electron chi connectivity index (χ4n) is 1.83. The quantitative estimate of drug-likeness (QED) is 0.840. The van der Waals surface area contributed by atoms with Gasteiger partial charge < -0.3 is 10.1 Å². The molecule has 0 spiro atoms. The molecule has 0 heterocycles. The Kier molecular flexibility index (Phi) is 4.90. The maximum Gasteiger partial charge on any atom is 0.333 e. The third-order valence-corrected chi connectivity index (χ3v) is 3.36. The first kappa shape index (κ1) is 15.4. The number of nitrogens with one attached hydrogen (secondary N) is 1. The van der Waals surface area contributed by atoms with Gasteiger partial charge in [-0.1, -0.05) is 22.0 Å². The summed E-state index contributed by atoms with van der Waals surface area (Å²) in [4.78, 5) is 11.9. The Hall–Kier alpha value is -1.95. The topological polar surface area (TPSA) is 38.3 Å². The van der Waals surface area contributed by atoms with Crippen LogP contribution in [0.25, 0.3) is 0 Å². The van der Waals surface area contributed by atoms with E-state index in [1.54, 1.807) is 6.07 Å². The van der Waals surface area contributed by atoms with E-state index < -0.39 is 23.6 Å². The van der Waals surface area contributed by atoms with Crippen molar-refractivity contribution in [2.45, 2.75) is 6.04 Å². The van der Waals surface area contributed by atoms with Crippen LogP contribution < -0.4 is 5.32 Å². The van der Waals surface area contributed by atoms with Crippen LogP contribution in [-0.2, 0) is 9.53 Å². The number of ether oxygens (including phenoxy) is 1. The largest absolute Gasteiger partial charge is 0.467 e. The Balaban J connectivity index is 2.34. The van der Waals surface area contributed by atoms with Gasteiger partial charge in [-0.05, 0) is 36.4 Å². The van der Waals surface area contributed by atoms with E-state index in [0.717, 1.165) is 0 Å². The smallest absolute Gasteiger partial charge is 0.333 e. The van der Waals surface area contributed by atoms with Crippen molar-refractivity contribution in [1.29, 1.82) is 0 Å². The maximum absolute atomic E-state index is 14.0. The zero-order valence-electron chi connectivity index (χ0n) is 11.1. The molecule has 0 bridgehead atoms. The van der Waals surface area contributed by atoms with E-state index in [9.17, 15) is 13.6 Å². The van der Waals surface area contributed by atoms with Gasteiger partial charge in [0.05, 0.1) is 7.11 Å². The molecule has 1 atom stereocenters. The SMILES string of the molecule is COC(=O)C(Nc1ccc(F)cc1)c1ccc(Br)cc1F. The van der Waals surface area contributed by atoms with Crippen molar-refractivity contribution < 1.29 is 18.3 Å². The minimum atomic E-state index is -1.02. The number of hydrogen-bond donors (Lipinski definition) is 1. The van der Waals surface area contributed by atoms with Crippen molar-refractivity contribution >= 4 is 27.6 Å². The number of hydrogen-bond acceptors (Lipinski definition) is 3. The summed E-state index contributed by atoms with van der Waals surface area (Å²) in [6, 6.07) is 8.76. The number of methoxy groups -OCH3 is 1. The van der Waals surface area contributed by atoms with Gasteiger partial charge in [-0.2, -0.15) is 0 Å². The molecule has 0 saturated heterocycles. The van der Waals surface area contributed by atoms with Gasteiger partial charge in [0.25, 0.3) is 0 Å². The highest BCUT2D eigenvalue weighted by Crippen LogP contribution is 2.25. The summed E-state index contributed by atoms with van der Waals surface area (Å²) in [7, 11) is 1.22. The average molecular weight is 356 g/mol. The molecule has 1 unspecified atom stereocenters. The van der Waals surface area contributed by atoms with E-state index >= 15 is 0 Å². The summed E-state index contributed by atoms with van der Waals surface area (Å²) < 4.78 is 32.2. The summed E-state index contributed by atoms with van der Waals surface area (Å²) in [6.45, 7) is 0. The lowest BCUT2D eigenvalue weighted by atomic mass is 10.1. The highest BCUT2D eigenvalue weighted by molar-refractivity contribution is 9.10.